The molecule has 0 saturated heterocycles. The summed E-state index contributed by atoms with van der Waals surface area (Å²) < 4.78 is 10.0. The maximum absolute atomic E-state index is 9.87. The van der Waals surface area contributed by atoms with E-state index in [0.717, 1.165) is 12.8 Å². The molecule has 0 amide bonds. The van der Waals surface area contributed by atoms with E-state index in [9.17, 15) is 5.11 Å². The Morgan fingerprint density at radius 1 is 1.27 bits per heavy atom. The highest BCUT2D eigenvalue weighted by molar-refractivity contribution is 4.93. The van der Waals surface area contributed by atoms with E-state index in [0.29, 0.717) is 0 Å². The van der Waals surface area contributed by atoms with Crippen LogP contribution in [0.25, 0.3) is 0 Å². The van der Waals surface area contributed by atoms with Crippen LogP contribution in [-0.4, -0.2) is 31.7 Å². The van der Waals surface area contributed by atoms with Gasteiger partial charge in [-0.25, -0.2) is 0 Å². The van der Waals surface area contributed by atoms with Gasteiger partial charge in [-0.2, -0.15) is 0 Å². The fraction of sp³-hybridized carbons (Fsp3) is 0.833. The van der Waals surface area contributed by atoms with E-state index in [1.54, 1.807) is 14.2 Å². The second-order valence-electron chi connectivity index (χ2n) is 4.17. The first-order valence-corrected chi connectivity index (χ1v) is 5.40. The Morgan fingerprint density at radius 2 is 1.80 bits per heavy atom. The van der Waals surface area contributed by atoms with Gasteiger partial charge in [0.2, 0.25) is 0 Å². The SMILES string of the molecule is COC(OC)[C@@H](O)[C@H](C)CCC=C(C)C. The summed E-state index contributed by atoms with van der Waals surface area (Å²) in [6, 6.07) is 0. The Morgan fingerprint density at radius 3 is 2.20 bits per heavy atom. The summed E-state index contributed by atoms with van der Waals surface area (Å²) in [4.78, 5) is 0. The van der Waals surface area contributed by atoms with Crippen LogP contribution in [0.15, 0.2) is 11.6 Å². The van der Waals surface area contributed by atoms with Gasteiger partial charge in [-0.1, -0.05) is 18.6 Å². The van der Waals surface area contributed by atoms with Crippen molar-refractivity contribution >= 4 is 0 Å². The maximum atomic E-state index is 9.87. The third-order valence-corrected chi connectivity index (χ3v) is 2.50. The molecule has 0 radical (unpaired) electrons. The van der Waals surface area contributed by atoms with Gasteiger partial charge in [-0.15, -0.1) is 0 Å². The minimum absolute atomic E-state index is 0.172. The molecule has 0 fully saturated rings. The smallest absolute Gasteiger partial charge is 0.182 e. The number of aliphatic hydroxyl groups excluding tert-OH is 1. The number of ether oxygens (including phenoxy) is 2. The molecule has 15 heavy (non-hydrogen) atoms. The molecule has 0 aliphatic rings. The number of hydrogen-bond donors (Lipinski definition) is 1. The highest BCUT2D eigenvalue weighted by Crippen LogP contribution is 2.16. The average Bonchev–Trinajstić information content (AvgIpc) is 2.18. The molecule has 0 spiro atoms. The molecular formula is C12H24O3. The van der Waals surface area contributed by atoms with Crippen LogP contribution < -0.4 is 0 Å². The van der Waals surface area contributed by atoms with Gasteiger partial charge in [0.05, 0.1) is 0 Å². The fourth-order valence-electron chi connectivity index (χ4n) is 1.45. The van der Waals surface area contributed by atoms with Crippen molar-refractivity contribution in [1.82, 2.24) is 0 Å². The van der Waals surface area contributed by atoms with Crippen molar-refractivity contribution in [3.63, 3.8) is 0 Å². The monoisotopic (exact) mass is 216 g/mol. The molecule has 90 valence electrons. The lowest BCUT2D eigenvalue weighted by atomic mass is 9.98. The molecule has 0 saturated carbocycles. The Labute approximate surface area is 93.1 Å². The number of methoxy groups -OCH3 is 2. The zero-order valence-corrected chi connectivity index (χ0v) is 10.5. The van der Waals surface area contributed by atoms with Crippen molar-refractivity contribution in [2.24, 2.45) is 5.92 Å². The van der Waals surface area contributed by atoms with E-state index < -0.39 is 12.4 Å². The Hall–Kier alpha value is -0.380. The lowest BCUT2D eigenvalue weighted by Crippen LogP contribution is -2.35. The average molecular weight is 216 g/mol. The number of rotatable bonds is 7. The third kappa shape index (κ3) is 5.92. The van der Waals surface area contributed by atoms with Crippen LogP contribution >= 0.6 is 0 Å². The molecule has 0 aliphatic heterocycles. The summed E-state index contributed by atoms with van der Waals surface area (Å²) in [5.74, 6) is 0.172. The fourth-order valence-corrected chi connectivity index (χ4v) is 1.45. The molecular weight excluding hydrogens is 192 g/mol. The largest absolute Gasteiger partial charge is 0.388 e. The summed E-state index contributed by atoms with van der Waals surface area (Å²) in [5.41, 5.74) is 1.31. The van der Waals surface area contributed by atoms with Crippen LogP contribution in [0.3, 0.4) is 0 Å². The molecule has 0 aromatic rings. The number of aliphatic hydroxyl groups is 1. The van der Waals surface area contributed by atoms with Crippen LogP contribution in [0.5, 0.6) is 0 Å². The Balaban J connectivity index is 3.97. The standard InChI is InChI=1S/C12H24O3/c1-9(2)7-6-8-10(3)11(13)12(14-4)15-5/h7,10-13H,6,8H2,1-5H3/t10-,11+/m1/s1. The first-order chi connectivity index (χ1) is 7.02. The van der Waals surface area contributed by atoms with Crippen LogP contribution in [0.1, 0.15) is 33.6 Å². The lowest BCUT2D eigenvalue weighted by Gasteiger charge is -2.25. The van der Waals surface area contributed by atoms with Crippen LogP contribution in [0, 0.1) is 5.92 Å². The summed E-state index contributed by atoms with van der Waals surface area (Å²) in [6.45, 7) is 6.16. The normalized spacial score (nSPS) is 15.1. The summed E-state index contributed by atoms with van der Waals surface area (Å²) >= 11 is 0. The minimum atomic E-state index is -0.564. The predicted octanol–water partition coefficient (Wildman–Crippen LogP) is 2.35. The molecule has 3 nitrogen and oxygen atoms in total. The van der Waals surface area contributed by atoms with E-state index in [2.05, 4.69) is 19.9 Å². The molecule has 1 N–H and O–H groups in total. The van der Waals surface area contributed by atoms with Crippen LogP contribution in [0.2, 0.25) is 0 Å². The number of allylic oxidation sites excluding steroid dienone is 2. The van der Waals surface area contributed by atoms with E-state index in [1.807, 2.05) is 6.92 Å². The van der Waals surface area contributed by atoms with Crippen molar-refractivity contribution in [3.8, 4) is 0 Å². The number of hydrogen-bond acceptors (Lipinski definition) is 3. The second kappa shape index (κ2) is 7.85. The Kier molecular flexibility index (Phi) is 7.65. The van der Waals surface area contributed by atoms with Gasteiger partial charge in [-0.3, -0.25) is 0 Å². The van der Waals surface area contributed by atoms with Gasteiger partial charge in [0, 0.05) is 14.2 Å². The van der Waals surface area contributed by atoms with Crippen molar-refractivity contribution in [3.05, 3.63) is 11.6 Å². The van der Waals surface area contributed by atoms with Gasteiger partial charge < -0.3 is 14.6 Å². The van der Waals surface area contributed by atoms with Crippen molar-refractivity contribution in [1.29, 1.82) is 0 Å². The van der Waals surface area contributed by atoms with E-state index >= 15 is 0 Å². The molecule has 0 aromatic carbocycles. The van der Waals surface area contributed by atoms with Crippen LogP contribution in [0.4, 0.5) is 0 Å². The summed E-state index contributed by atoms with van der Waals surface area (Å²) in [5, 5.41) is 9.87. The predicted molar refractivity (Wildman–Crippen MR) is 61.6 cm³/mol. The molecule has 2 atom stereocenters. The molecule has 0 aromatic heterocycles. The topological polar surface area (TPSA) is 38.7 Å². The molecule has 0 bridgehead atoms. The van der Waals surface area contributed by atoms with Gasteiger partial charge >= 0.3 is 0 Å². The van der Waals surface area contributed by atoms with Crippen molar-refractivity contribution in [2.45, 2.75) is 46.0 Å². The second-order valence-corrected chi connectivity index (χ2v) is 4.17. The van der Waals surface area contributed by atoms with Gasteiger partial charge in [-0.05, 0) is 32.6 Å². The van der Waals surface area contributed by atoms with Gasteiger partial charge in [0.1, 0.15) is 6.10 Å². The minimum Gasteiger partial charge on any atom is -0.388 e. The van der Waals surface area contributed by atoms with Gasteiger partial charge in [0.25, 0.3) is 0 Å². The lowest BCUT2D eigenvalue weighted by molar-refractivity contribution is -0.177. The highest BCUT2D eigenvalue weighted by atomic mass is 16.7. The zero-order chi connectivity index (χ0) is 11.8. The van der Waals surface area contributed by atoms with Crippen molar-refractivity contribution in [2.75, 3.05) is 14.2 Å². The highest BCUT2D eigenvalue weighted by Gasteiger charge is 2.23. The molecule has 0 unspecified atom stereocenters. The summed E-state index contributed by atoms with van der Waals surface area (Å²) in [6.07, 6.45) is 3.02. The first kappa shape index (κ1) is 14.6. The van der Waals surface area contributed by atoms with Gasteiger partial charge in [0.15, 0.2) is 6.29 Å². The van der Waals surface area contributed by atoms with E-state index in [-0.39, 0.29) is 5.92 Å². The molecule has 0 heterocycles. The molecule has 3 heteroatoms. The van der Waals surface area contributed by atoms with Crippen molar-refractivity contribution < 1.29 is 14.6 Å². The zero-order valence-electron chi connectivity index (χ0n) is 10.5. The quantitative estimate of drug-likeness (QED) is 0.524. The molecule has 0 rings (SSSR count). The Bertz CT molecular complexity index is 181. The third-order valence-electron chi connectivity index (χ3n) is 2.50. The van der Waals surface area contributed by atoms with Crippen LogP contribution in [-0.2, 0) is 9.47 Å². The van der Waals surface area contributed by atoms with E-state index in [1.165, 1.54) is 5.57 Å². The summed E-state index contributed by atoms with van der Waals surface area (Å²) in [7, 11) is 3.08. The molecule has 0 aliphatic carbocycles. The van der Waals surface area contributed by atoms with E-state index in [4.69, 9.17) is 9.47 Å². The first-order valence-electron chi connectivity index (χ1n) is 5.40. The maximum Gasteiger partial charge on any atom is 0.182 e.